The number of methoxy groups -OCH3 is 1. The van der Waals surface area contributed by atoms with E-state index in [1.165, 1.54) is 30.1 Å². The zero-order chi connectivity index (χ0) is 13.3. The van der Waals surface area contributed by atoms with Gasteiger partial charge in [-0.15, -0.1) is 0 Å². The molecule has 0 amide bonds. The summed E-state index contributed by atoms with van der Waals surface area (Å²) in [5.74, 6) is 0.101. The van der Waals surface area contributed by atoms with Gasteiger partial charge in [-0.05, 0) is 30.2 Å². The summed E-state index contributed by atoms with van der Waals surface area (Å²) in [5.41, 5.74) is 1.83. The van der Waals surface area contributed by atoms with E-state index in [1.807, 2.05) is 6.92 Å². The Balaban J connectivity index is 2.50. The molecule has 2 aromatic rings. The molecule has 18 heavy (non-hydrogen) atoms. The maximum absolute atomic E-state index is 13.3. The number of ether oxygens (including phenoxy) is 1. The van der Waals surface area contributed by atoms with Gasteiger partial charge in [-0.1, -0.05) is 6.07 Å². The molecule has 0 saturated heterocycles. The number of benzene rings is 1. The lowest BCUT2D eigenvalue weighted by Gasteiger charge is -2.15. The highest BCUT2D eigenvalue weighted by atomic mass is 19.1. The first-order chi connectivity index (χ1) is 8.54. The summed E-state index contributed by atoms with van der Waals surface area (Å²) in [5, 5.41) is 14.4. The van der Waals surface area contributed by atoms with E-state index in [9.17, 15) is 9.50 Å². The quantitative estimate of drug-likeness (QED) is 0.905. The van der Waals surface area contributed by atoms with Gasteiger partial charge in [0.2, 0.25) is 0 Å². The first kappa shape index (κ1) is 12.6. The van der Waals surface area contributed by atoms with Crippen molar-refractivity contribution in [3.05, 3.63) is 47.0 Å². The number of aryl methyl sites for hydroxylation is 2. The van der Waals surface area contributed by atoms with Crippen LogP contribution in [0.25, 0.3) is 0 Å². The van der Waals surface area contributed by atoms with E-state index in [0.717, 1.165) is 5.56 Å². The summed E-state index contributed by atoms with van der Waals surface area (Å²) in [4.78, 5) is 0. The Kier molecular flexibility index (Phi) is 3.34. The maximum Gasteiger partial charge on any atom is 0.162 e. The lowest BCUT2D eigenvalue weighted by Crippen LogP contribution is -2.09. The minimum atomic E-state index is -0.969. The second-order valence-electron chi connectivity index (χ2n) is 4.13. The molecule has 5 heteroatoms. The average Bonchev–Trinajstić information content (AvgIpc) is 2.72. The van der Waals surface area contributed by atoms with Crippen LogP contribution < -0.4 is 4.74 Å². The van der Waals surface area contributed by atoms with Crippen LogP contribution in [0.5, 0.6) is 5.75 Å². The number of rotatable bonds is 3. The summed E-state index contributed by atoms with van der Waals surface area (Å²) < 4.78 is 19.9. The Morgan fingerprint density at radius 2 is 2.17 bits per heavy atom. The smallest absolute Gasteiger partial charge is 0.162 e. The molecule has 2 rings (SSSR count). The number of nitrogens with zero attached hydrogens (tertiary/aromatic N) is 2. The lowest BCUT2D eigenvalue weighted by atomic mass is 10.0. The summed E-state index contributed by atoms with van der Waals surface area (Å²) in [6.45, 7) is 1.82. The average molecular weight is 250 g/mol. The van der Waals surface area contributed by atoms with Crippen molar-refractivity contribution in [2.24, 2.45) is 7.05 Å². The van der Waals surface area contributed by atoms with Crippen molar-refractivity contribution < 1.29 is 14.2 Å². The van der Waals surface area contributed by atoms with E-state index < -0.39 is 6.10 Å². The fourth-order valence-electron chi connectivity index (χ4n) is 1.95. The molecule has 1 unspecified atom stereocenters. The first-order valence-electron chi connectivity index (χ1n) is 5.54. The number of aliphatic hydroxyl groups excluding tert-OH is 1. The molecule has 1 aromatic carbocycles. The molecule has 1 N–H and O–H groups in total. The largest absolute Gasteiger partial charge is 0.493 e. The molecular weight excluding hydrogens is 235 g/mol. The molecule has 0 aliphatic heterocycles. The number of aromatic nitrogens is 2. The van der Waals surface area contributed by atoms with Crippen LogP contribution >= 0.6 is 0 Å². The summed E-state index contributed by atoms with van der Waals surface area (Å²) in [7, 11) is 3.21. The highest BCUT2D eigenvalue weighted by Gasteiger charge is 2.21. The Labute approximate surface area is 105 Å². The van der Waals surface area contributed by atoms with Gasteiger partial charge in [-0.3, -0.25) is 4.68 Å². The van der Waals surface area contributed by atoms with Crippen LogP contribution in [-0.2, 0) is 7.05 Å². The van der Waals surface area contributed by atoms with Gasteiger partial charge in [0.15, 0.2) is 5.75 Å². The Morgan fingerprint density at radius 1 is 1.44 bits per heavy atom. The van der Waals surface area contributed by atoms with E-state index in [2.05, 4.69) is 5.10 Å². The minimum Gasteiger partial charge on any atom is -0.493 e. The molecule has 0 saturated carbocycles. The lowest BCUT2D eigenvalue weighted by molar-refractivity contribution is 0.203. The van der Waals surface area contributed by atoms with Crippen LogP contribution in [0.15, 0.2) is 24.4 Å². The fourth-order valence-corrected chi connectivity index (χ4v) is 1.95. The molecule has 0 radical (unpaired) electrons. The van der Waals surface area contributed by atoms with Gasteiger partial charge in [0, 0.05) is 7.05 Å². The maximum atomic E-state index is 13.3. The molecule has 1 aromatic heterocycles. The van der Waals surface area contributed by atoms with Crippen molar-refractivity contribution in [2.75, 3.05) is 7.11 Å². The molecule has 0 bridgehead atoms. The monoisotopic (exact) mass is 250 g/mol. The highest BCUT2D eigenvalue weighted by Crippen LogP contribution is 2.31. The van der Waals surface area contributed by atoms with E-state index in [0.29, 0.717) is 17.0 Å². The topological polar surface area (TPSA) is 47.3 Å². The van der Waals surface area contributed by atoms with Gasteiger partial charge in [0.25, 0.3) is 0 Å². The molecule has 96 valence electrons. The second kappa shape index (κ2) is 4.78. The molecule has 0 fully saturated rings. The van der Waals surface area contributed by atoms with Gasteiger partial charge in [-0.2, -0.15) is 5.10 Å². The van der Waals surface area contributed by atoms with E-state index in [4.69, 9.17) is 4.74 Å². The Bertz CT molecular complexity index is 566. The van der Waals surface area contributed by atoms with E-state index >= 15 is 0 Å². The number of hydrogen-bond acceptors (Lipinski definition) is 3. The van der Waals surface area contributed by atoms with Gasteiger partial charge in [0.1, 0.15) is 17.6 Å². The zero-order valence-electron chi connectivity index (χ0n) is 10.5. The summed E-state index contributed by atoms with van der Waals surface area (Å²) in [6.07, 6.45) is 0.552. The third-order valence-corrected chi connectivity index (χ3v) is 2.96. The van der Waals surface area contributed by atoms with Crippen molar-refractivity contribution in [3.63, 3.8) is 0 Å². The molecular formula is C13H15FN2O2. The fraction of sp³-hybridized carbons (Fsp3) is 0.308. The number of halogens is 1. The van der Waals surface area contributed by atoms with Crippen LogP contribution in [0, 0.1) is 12.7 Å². The molecule has 1 heterocycles. The van der Waals surface area contributed by atoms with Gasteiger partial charge >= 0.3 is 0 Å². The first-order valence-corrected chi connectivity index (χ1v) is 5.54. The van der Waals surface area contributed by atoms with Crippen LogP contribution in [0.1, 0.15) is 22.9 Å². The van der Waals surface area contributed by atoms with Crippen molar-refractivity contribution in [1.29, 1.82) is 0 Å². The summed E-state index contributed by atoms with van der Waals surface area (Å²) in [6, 6.07) is 4.33. The molecule has 0 aliphatic carbocycles. The van der Waals surface area contributed by atoms with Gasteiger partial charge in [0.05, 0.1) is 13.3 Å². The normalized spacial score (nSPS) is 12.5. The standard InChI is InChI=1S/C13H15FN2O2/c1-8-4-5-9(14)6-10(8)13(17)12-11(18-3)7-15-16(12)2/h4-7,13,17H,1-3H3. The van der Waals surface area contributed by atoms with Gasteiger partial charge in [-0.25, -0.2) is 4.39 Å². The van der Waals surface area contributed by atoms with Crippen LogP contribution in [0.3, 0.4) is 0 Å². The highest BCUT2D eigenvalue weighted by molar-refractivity contribution is 5.38. The van der Waals surface area contributed by atoms with Gasteiger partial charge < -0.3 is 9.84 Å². The van der Waals surface area contributed by atoms with Crippen LogP contribution in [-0.4, -0.2) is 22.0 Å². The van der Waals surface area contributed by atoms with Crippen LogP contribution in [0.2, 0.25) is 0 Å². The third kappa shape index (κ3) is 2.09. The van der Waals surface area contributed by atoms with Crippen molar-refractivity contribution in [3.8, 4) is 5.75 Å². The molecule has 0 aliphatic rings. The van der Waals surface area contributed by atoms with Crippen LogP contribution in [0.4, 0.5) is 4.39 Å². The number of aliphatic hydroxyl groups is 1. The van der Waals surface area contributed by atoms with Crippen molar-refractivity contribution in [2.45, 2.75) is 13.0 Å². The van der Waals surface area contributed by atoms with Crippen molar-refractivity contribution >= 4 is 0 Å². The Hall–Kier alpha value is -1.88. The predicted molar refractivity (Wildman–Crippen MR) is 65.0 cm³/mol. The minimum absolute atomic E-state index is 0.379. The zero-order valence-corrected chi connectivity index (χ0v) is 10.5. The molecule has 0 spiro atoms. The van der Waals surface area contributed by atoms with Crippen molar-refractivity contribution in [1.82, 2.24) is 9.78 Å². The third-order valence-electron chi connectivity index (χ3n) is 2.96. The second-order valence-corrected chi connectivity index (χ2v) is 4.13. The summed E-state index contributed by atoms with van der Waals surface area (Å²) >= 11 is 0. The van der Waals surface area contributed by atoms with E-state index in [-0.39, 0.29) is 5.82 Å². The SMILES string of the molecule is COc1cnn(C)c1C(O)c1cc(F)ccc1C. The van der Waals surface area contributed by atoms with E-state index in [1.54, 1.807) is 13.1 Å². The molecule has 1 atom stereocenters. The molecule has 4 nitrogen and oxygen atoms in total. The predicted octanol–water partition coefficient (Wildman–Crippen LogP) is 1.96. The Morgan fingerprint density at radius 3 is 2.83 bits per heavy atom. The number of hydrogen-bond donors (Lipinski definition) is 1.